The number of carboxylic acid groups (broad SMARTS) is 1. The molecule has 0 saturated carbocycles. The predicted octanol–water partition coefficient (Wildman–Crippen LogP) is -1.13. The number of carbonyl (C=O) groups is 4. The van der Waals surface area contributed by atoms with E-state index in [-0.39, 0.29) is 31.8 Å². The smallest absolute Gasteiger partial charge is 0.326 e. The number of guanidine groups is 1. The molecule has 3 rings (SSSR count). The zero-order chi connectivity index (χ0) is 31.4. The fraction of sp³-hybridized carbons (Fsp3) is 0.345. The van der Waals surface area contributed by atoms with E-state index in [9.17, 15) is 29.4 Å². The van der Waals surface area contributed by atoms with Crippen molar-refractivity contribution in [1.82, 2.24) is 20.9 Å². The van der Waals surface area contributed by atoms with Crippen molar-refractivity contribution < 1.29 is 29.4 Å². The van der Waals surface area contributed by atoms with E-state index in [4.69, 9.17) is 17.2 Å². The number of nitrogens with one attached hydrogen (secondary N) is 4. The number of rotatable bonds is 16. The maximum absolute atomic E-state index is 13.5. The Morgan fingerprint density at radius 3 is 2.14 bits per heavy atom. The fourth-order valence-electron chi connectivity index (χ4n) is 4.46. The highest BCUT2D eigenvalue weighted by Gasteiger charge is 2.31. The Morgan fingerprint density at radius 2 is 1.47 bits per heavy atom. The summed E-state index contributed by atoms with van der Waals surface area (Å²) in [5.41, 5.74) is 18.6. The monoisotopic (exact) mass is 594 g/mol. The van der Waals surface area contributed by atoms with Crippen molar-refractivity contribution in [2.75, 3.05) is 13.2 Å². The fourth-order valence-corrected chi connectivity index (χ4v) is 4.46. The number of hydrogen-bond donors (Lipinski definition) is 9. The summed E-state index contributed by atoms with van der Waals surface area (Å²) >= 11 is 0. The average molecular weight is 595 g/mol. The van der Waals surface area contributed by atoms with E-state index in [0.29, 0.717) is 17.5 Å². The Hall–Kier alpha value is -4.95. The molecule has 0 spiro atoms. The number of fused-ring (bicyclic) bond motifs is 1. The highest BCUT2D eigenvalue weighted by Crippen LogP contribution is 2.19. The Kier molecular flexibility index (Phi) is 12.0. The molecule has 0 saturated heterocycles. The van der Waals surface area contributed by atoms with E-state index in [1.54, 1.807) is 36.5 Å². The van der Waals surface area contributed by atoms with Crippen LogP contribution in [0.25, 0.3) is 10.9 Å². The number of aliphatic carboxylic acids is 1. The lowest BCUT2D eigenvalue weighted by Gasteiger charge is -2.25. The molecule has 2 aromatic carbocycles. The molecule has 3 aromatic rings. The maximum atomic E-state index is 13.5. The van der Waals surface area contributed by atoms with Crippen molar-refractivity contribution in [2.45, 2.75) is 49.9 Å². The summed E-state index contributed by atoms with van der Waals surface area (Å²) in [6, 6.07) is 11.4. The molecule has 1 heterocycles. The number of para-hydroxylation sites is 1. The number of aromatic amines is 1. The van der Waals surface area contributed by atoms with Gasteiger partial charge in [0.25, 0.3) is 0 Å². The second-order valence-corrected chi connectivity index (χ2v) is 10.0. The van der Waals surface area contributed by atoms with Crippen LogP contribution in [0.15, 0.2) is 65.8 Å². The van der Waals surface area contributed by atoms with Crippen LogP contribution < -0.4 is 33.2 Å². The Bertz CT molecular complexity index is 1420. The first-order chi connectivity index (χ1) is 20.6. The van der Waals surface area contributed by atoms with Gasteiger partial charge in [-0.15, -0.1) is 0 Å². The molecule has 4 atom stereocenters. The zero-order valence-corrected chi connectivity index (χ0v) is 23.5. The standard InChI is InChI=1S/C29H38N8O6/c30-20(16-38)25(39)35-22(11-6-12-33-29(31)32)26(40)36-23(13-17-7-2-1-3-8-17)27(41)37-24(28(42)43)14-18-15-34-21-10-5-4-9-19(18)21/h1-5,7-10,15,20,22-24,34,38H,6,11-14,16,30H2,(H,35,39)(H,36,40)(H,37,41)(H,42,43)(H4,31,32,33). The first-order valence-corrected chi connectivity index (χ1v) is 13.7. The number of H-pyrrole nitrogens is 1. The van der Waals surface area contributed by atoms with Gasteiger partial charge in [0.1, 0.15) is 24.2 Å². The van der Waals surface area contributed by atoms with Gasteiger partial charge in [-0.05, 0) is 30.0 Å². The topological polar surface area (TPSA) is 251 Å². The van der Waals surface area contributed by atoms with Crippen molar-refractivity contribution in [3.8, 4) is 0 Å². The van der Waals surface area contributed by atoms with E-state index in [0.717, 1.165) is 10.9 Å². The Morgan fingerprint density at radius 1 is 0.837 bits per heavy atom. The summed E-state index contributed by atoms with van der Waals surface area (Å²) < 4.78 is 0. The minimum Gasteiger partial charge on any atom is -0.480 e. The minimum absolute atomic E-state index is 0.000385. The molecule has 1 aromatic heterocycles. The molecular formula is C29H38N8O6. The summed E-state index contributed by atoms with van der Waals surface area (Å²) in [6.45, 7) is -0.462. The molecule has 12 N–H and O–H groups in total. The van der Waals surface area contributed by atoms with Gasteiger partial charge in [0.2, 0.25) is 17.7 Å². The number of aliphatic hydroxyl groups is 1. The van der Waals surface area contributed by atoms with Crippen LogP contribution in [0.3, 0.4) is 0 Å². The van der Waals surface area contributed by atoms with Gasteiger partial charge in [-0.1, -0.05) is 48.5 Å². The van der Waals surface area contributed by atoms with Gasteiger partial charge in [-0.25, -0.2) is 4.79 Å². The minimum atomic E-state index is -1.29. The van der Waals surface area contributed by atoms with Crippen LogP contribution in [-0.2, 0) is 32.0 Å². The molecule has 0 radical (unpaired) electrons. The van der Waals surface area contributed by atoms with Gasteiger partial charge in [-0.3, -0.25) is 19.4 Å². The molecule has 14 heteroatoms. The molecule has 0 aliphatic heterocycles. The molecule has 14 nitrogen and oxygen atoms in total. The summed E-state index contributed by atoms with van der Waals surface area (Å²) in [7, 11) is 0. The Balaban J connectivity index is 1.81. The number of aromatic nitrogens is 1. The summed E-state index contributed by atoms with van der Waals surface area (Å²) in [4.78, 5) is 58.5. The lowest BCUT2D eigenvalue weighted by atomic mass is 10.0. The van der Waals surface area contributed by atoms with Crippen LogP contribution in [-0.4, -0.2) is 82.2 Å². The first kappa shape index (κ1) is 32.6. The van der Waals surface area contributed by atoms with Gasteiger partial charge < -0.3 is 48.3 Å². The molecule has 0 aliphatic carbocycles. The number of aliphatic imine (C=N–C) groups is 1. The third-order valence-corrected chi connectivity index (χ3v) is 6.74. The number of benzene rings is 2. The van der Waals surface area contributed by atoms with E-state index < -0.39 is 54.5 Å². The number of nitrogens with zero attached hydrogens (tertiary/aromatic N) is 1. The number of carboxylic acids is 1. The van der Waals surface area contributed by atoms with Gasteiger partial charge >= 0.3 is 5.97 Å². The highest BCUT2D eigenvalue weighted by molar-refractivity contribution is 5.94. The maximum Gasteiger partial charge on any atom is 0.326 e. The van der Waals surface area contributed by atoms with E-state index in [1.807, 2.05) is 24.3 Å². The number of nitrogens with two attached hydrogens (primary N) is 3. The number of amides is 3. The van der Waals surface area contributed by atoms with E-state index in [2.05, 4.69) is 25.9 Å². The molecule has 4 unspecified atom stereocenters. The molecule has 230 valence electrons. The number of hydrogen-bond acceptors (Lipinski definition) is 7. The van der Waals surface area contributed by atoms with Crippen LogP contribution in [0.4, 0.5) is 0 Å². The van der Waals surface area contributed by atoms with Crippen molar-refractivity contribution in [2.24, 2.45) is 22.2 Å². The third-order valence-electron chi connectivity index (χ3n) is 6.74. The van der Waals surface area contributed by atoms with Crippen LogP contribution >= 0.6 is 0 Å². The average Bonchev–Trinajstić information content (AvgIpc) is 3.40. The quantitative estimate of drug-likeness (QED) is 0.0551. The van der Waals surface area contributed by atoms with E-state index in [1.165, 1.54) is 0 Å². The van der Waals surface area contributed by atoms with Crippen LogP contribution in [0.5, 0.6) is 0 Å². The molecule has 43 heavy (non-hydrogen) atoms. The summed E-state index contributed by atoms with van der Waals surface area (Å²) in [5.74, 6) is -3.57. The van der Waals surface area contributed by atoms with Gasteiger partial charge in [0.15, 0.2) is 5.96 Å². The van der Waals surface area contributed by atoms with Gasteiger partial charge in [0, 0.05) is 36.5 Å². The number of carbonyl (C=O) groups excluding carboxylic acids is 3. The summed E-state index contributed by atoms with van der Waals surface area (Å²) in [6.07, 6.45) is 2.13. The summed E-state index contributed by atoms with van der Waals surface area (Å²) in [5, 5.41) is 27.8. The van der Waals surface area contributed by atoms with Crippen molar-refractivity contribution >= 4 is 40.6 Å². The molecule has 0 aliphatic rings. The highest BCUT2D eigenvalue weighted by atomic mass is 16.4. The molecule has 0 bridgehead atoms. The van der Waals surface area contributed by atoms with Crippen LogP contribution in [0, 0.1) is 0 Å². The lowest BCUT2D eigenvalue weighted by molar-refractivity contribution is -0.142. The number of aliphatic hydroxyl groups excluding tert-OH is 1. The first-order valence-electron chi connectivity index (χ1n) is 13.7. The van der Waals surface area contributed by atoms with Crippen molar-refractivity contribution in [1.29, 1.82) is 0 Å². The normalized spacial score (nSPS) is 13.7. The third kappa shape index (κ3) is 9.83. The zero-order valence-electron chi connectivity index (χ0n) is 23.5. The van der Waals surface area contributed by atoms with Gasteiger partial charge in [0.05, 0.1) is 6.61 Å². The lowest BCUT2D eigenvalue weighted by Crippen LogP contribution is -2.58. The van der Waals surface area contributed by atoms with E-state index >= 15 is 0 Å². The second kappa shape index (κ2) is 15.9. The predicted molar refractivity (Wildman–Crippen MR) is 161 cm³/mol. The SMILES string of the molecule is NC(N)=NCCCC(NC(=O)C(N)CO)C(=O)NC(Cc1ccccc1)C(=O)NC(Cc1c[nH]c2ccccc12)C(=O)O. The van der Waals surface area contributed by atoms with Gasteiger partial charge in [-0.2, -0.15) is 0 Å². The van der Waals surface area contributed by atoms with Crippen molar-refractivity contribution in [3.63, 3.8) is 0 Å². The second-order valence-electron chi connectivity index (χ2n) is 10.0. The molecule has 3 amide bonds. The largest absolute Gasteiger partial charge is 0.480 e. The van der Waals surface area contributed by atoms with Crippen molar-refractivity contribution in [3.05, 3.63) is 71.9 Å². The molecule has 0 fully saturated rings. The van der Waals surface area contributed by atoms with Crippen LogP contribution in [0.1, 0.15) is 24.0 Å². The molecular weight excluding hydrogens is 556 g/mol. The Labute approximate surface area is 248 Å². The van der Waals surface area contributed by atoms with Crippen LogP contribution in [0.2, 0.25) is 0 Å².